The molecule has 2 saturated heterocycles. The van der Waals surface area contributed by atoms with Crippen LogP contribution in [0.25, 0.3) is 0 Å². The van der Waals surface area contributed by atoms with Crippen molar-refractivity contribution in [2.45, 2.75) is 19.8 Å². The van der Waals surface area contributed by atoms with Gasteiger partial charge in [0.05, 0.1) is 13.2 Å². The van der Waals surface area contributed by atoms with Gasteiger partial charge in [0.1, 0.15) is 0 Å². The predicted molar refractivity (Wildman–Crippen MR) is 62.0 cm³/mol. The van der Waals surface area contributed by atoms with Gasteiger partial charge in [-0.2, -0.15) is 0 Å². The van der Waals surface area contributed by atoms with E-state index in [2.05, 4.69) is 4.90 Å². The van der Waals surface area contributed by atoms with Gasteiger partial charge in [0, 0.05) is 38.0 Å². The molecule has 4 heteroatoms. The molecule has 90 valence electrons. The van der Waals surface area contributed by atoms with E-state index in [1.165, 1.54) is 12.8 Å². The summed E-state index contributed by atoms with van der Waals surface area (Å²) in [4.78, 5) is 16.1. The highest BCUT2D eigenvalue weighted by molar-refractivity contribution is 5.88. The molecule has 0 saturated carbocycles. The molecule has 0 aliphatic carbocycles. The highest BCUT2D eigenvalue weighted by atomic mass is 16.5. The number of hydrogen-bond acceptors (Lipinski definition) is 3. The smallest absolute Gasteiger partial charge is 0.248 e. The number of amides is 1. The number of rotatable bonds is 2. The van der Waals surface area contributed by atoms with Crippen LogP contribution in [0.5, 0.6) is 0 Å². The van der Waals surface area contributed by atoms with E-state index in [1.807, 2.05) is 11.8 Å². The summed E-state index contributed by atoms with van der Waals surface area (Å²) in [5, 5.41) is 0. The Kier molecular flexibility index (Phi) is 3.83. The third-order valence-electron chi connectivity index (χ3n) is 3.26. The van der Waals surface area contributed by atoms with E-state index in [0.717, 1.165) is 31.9 Å². The summed E-state index contributed by atoms with van der Waals surface area (Å²) >= 11 is 0. The first kappa shape index (κ1) is 11.5. The van der Waals surface area contributed by atoms with Crippen LogP contribution in [-0.4, -0.2) is 55.1 Å². The molecule has 0 aromatic carbocycles. The van der Waals surface area contributed by atoms with E-state index in [1.54, 1.807) is 6.08 Å². The van der Waals surface area contributed by atoms with Crippen molar-refractivity contribution in [1.29, 1.82) is 0 Å². The minimum absolute atomic E-state index is 0.132. The lowest BCUT2D eigenvalue weighted by molar-refractivity contribution is -0.130. The number of morpholine rings is 1. The van der Waals surface area contributed by atoms with E-state index in [4.69, 9.17) is 4.74 Å². The third kappa shape index (κ3) is 2.76. The third-order valence-corrected chi connectivity index (χ3v) is 3.26. The summed E-state index contributed by atoms with van der Waals surface area (Å²) in [6.07, 6.45) is 4.27. The van der Waals surface area contributed by atoms with Gasteiger partial charge >= 0.3 is 0 Å². The largest absolute Gasteiger partial charge is 0.378 e. The van der Waals surface area contributed by atoms with Crippen LogP contribution in [0.2, 0.25) is 0 Å². The minimum Gasteiger partial charge on any atom is -0.378 e. The first-order chi connectivity index (χ1) is 7.77. The van der Waals surface area contributed by atoms with E-state index in [0.29, 0.717) is 13.2 Å². The zero-order valence-electron chi connectivity index (χ0n) is 9.95. The number of carbonyl (C=O) groups is 1. The molecular weight excluding hydrogens is 204 g/mol. The van der Waals surface area contributed by atoms with Crippen molar-refractivity contribution < 1.29 is 9.53 Å². The van der Waals surface area contributed by atoms with Crippen molar-refractivity contribution in [3.05, 3.63) is 11.8 Å². The fraction of sp³-hybridized carbons (Fsp3) is 0.750. The van der Waals surface area contributed by atoms with Crippen molar-refractivity contribution in [2.75, 3.05) is 39.4 Å². The molecule has 1 amide bonds. The Bertz CT molecular complexity index is 277. The second kappa shape index (κ2) is 5.34. The van der Waals surface area contributed by atoms with Crippen molar-refractivity contribution in [2.24, 2.45) is 0 Å². The van der Waals surface area contributed by atoms with E-state index in [9.17, 15) is 4.79 Å². The maximum absolute atomic E-state index is 11.9. The fourth-order valence-electron chi connectivity index (χ4n) is 2.21. The quantitative estimate of drug-likeness (QED) is 0.652. The zero-order valence-corrected chi connectivity index (χ0v) is 9.95. The number of likely N-dealkylation sites (tertiary alicyclic amines) is 1. The standard InChI is InChI=1S/C12H20N2O2/c1-11(13-4-2-3-5-13)10-12(15)14-6-8-16-9-7-14/h10H,2-9H2,1H3/b11-10-. The van der Waals surface area contributed by atoms with Crippen LogP contribution in [-0.2, 0) is 9.53 Å². The van der Waals surface area contributed by atoms with Crippen molar-refractivity contribution in [3.8, 4) is 0 Å². The Labute approximate surface area is 96.8 Å². The van der Waals surface area contributed by atoms with Crippen molar-refractivity contribution in [1.82, 2.24) is 9.80 Å². The molecule has 0 bridgehead atoms. The van der Waals surface area contributed by atoms with Gasteiger partial charge in [-0.15, -0.1) is 0 Å². The molecule has 0 aromatic heterocycles. The summed E-state index contributed by atoms with van der Waals surface area (Å²) in [6.45, 7) is 7.01. The maximum atomic E-state index is 11.9. The lowest BCUT2D eigenvalue weighted by atomic mass is 10.3. The number of nitrogens with zero attached hydrogens (tertiary/aromatic N) is 2. The van der Waals surface area contributed by atoms with Gasteiger partial charge in [-0.1, -0.05) is 0 Å². The first-order valence-electron chi connectivity index (χ1n) is 6.07. The molecule has 2 aliphatic heterocycles. The highest BCUT2D eigenvalue weighted by Gasteiger charge is 2.17. The van der Waals surface area contributed by atoms with Crippen LogP contribution >= 0.6 is 0 Å². The average Bonchev–Trinajstić information content (AvgIpc) is 2.83. The lowest BCUT2D eigenvalue weighted by Crippen LogP contribution is -2.40. The Morgan fingerprint density at radius 3 is 2.31 bits per heavy atom. The van der Waals surface area contributed by atoms with E-state index < -0.39 is 0 Å². The molecule has 0 unspecified atom stereocenters. The van der Waals surface area contributed by atoms with Crippen LogP contribution in [0.4, 0.5) is 0 Å². The first-order valence-corrected chi connectivity index (χ1v) is 6.07. The van der Waals surface area contributed by atoms with Gasteiger partial charge in [-0.05, 0) is 19.8 Å². The molecule has 2 aliphatic rings. The summed E-state index contributed by atoms with van der Waals surface area (Å²) < 4.78 is 5.23. The Hall–Kier alpha value is -1.03. The number of allylic oxidation sites excluding steroid dienone is 1. The molecule has 2 heterocycles. The van der Waals surface area contributed by atoms with E-state index in [-0.39, 0.29) is 5.91 Å². The van der Waals surface area contributed by atoms with Gasteiger partial charge in [0.15, 0.2) is 0 Å². The SMILES string of the molecule is C/C(=C/C(=O)N1CCOCC1)N1CCCC1. The maximum Gasteiger partial charge on any atom is 0.248 e. The molecule has 0 spiro atoms. The zero-order chi connectivity index (χ0) is 11.4. The van der Waals surface area contributed by atoms with Crippen LogP contribution in [0.1, 0.15) is 19.8 Å². The molecule has 0 atom stereocenters. The van der Waals surface area contributed by atoms with Crippen molar-refractivity contribution >= 4 is 5.91 Å². The Morgan fingerprint density at radius 1 is 1.06 bits per heavy atom. The molecule has 0 radical (unpaired) electrons. The van der Waals surface area contributed by atoms with Crippen LogP contribution < -0.4 is 0 Å². The summed E-state index contributed by atoms with van der Waals surface area (Å²) in [6, 6.07) is 0. The Balaban J connectivity index is 1.90. The molecule has 2 rings (SSSR count). The van der Waals surface area contributed by atoms with Crippen LogP contribution in [0.3, 0.4) is 0 Å². The molecule has 2 fully saturated rings. The van der Waals surface area contributed by atoms with Crippen molar-refractivity contribution in [3.63, 3.8) is 0 Å². The number of hydrogen-bond donors (Lipinski definition) is 0. The number of ether oxygens (including phenoxy) is 1. The molecule has 16 heavy (non-hydrogen) atoms. The highest BCUT2D eigenvalue weighted by Crippen LogP contribution is 2.14. The molecule has 0 aromatic rings. The normalized spacial score (nSPS) is 22.7. The summed E-state index contributed by atoms with van der Waals surface area (Å²) in [5.74, 6) is 0.132. The van der Waals surface area contributed by atoms with Gasteiger partial charge < -0.3 is 14.5 Å². The van der Waals surface area contributed by atoms with E-state index >= 15 is 0 Å². The summed E-state index contributed by atoms with van der Waals surface area (Å²) in [7, 11) is 0. The minimum atomic E-state index is 0.132. The van der Waals surface area contributed by atoms with Crippen LogP contribution in [0.15, 0.2) is 11.8 Å². The van der Waals surface area contributed by atoms with Gasteiger partial charge in [-0.3, -0.25) is 4.79 Å². The monoisotopic (exact) mass is 224 g/mol. The number of carbonyl (C=O) groups excluding carboxylic acids is 1. The molecule has 4 nitrogen and oxygen atoms in total. The molecular formula is C12H20N2O2. The molecule has 0 N–H and O–H groups in total. The average molecular weight is 224 g/mol. The van der Waals surface area contributed by atoms with Gasteiger partial charge in [0.2, 0.25) is 5.91 Å². The Morgan fingerprint density at radius 2 is 1.69 bits per heavy atom. The topological polar surface area (TPSA) is 32.8 Å². The fourth-order valence-corrected chi connectivity index (χ4v) is 2.21. The van der Waals surface area contributed by atoms with Crippen LogP contribution in [0, 0.1) is 0 Å². The second-order valence-corrected chi connectivity index (χ2v) is 4.42. The second-order valence-electron chi connectivity index (χ2n) is 4.42. The predicted octanol–water partition coefficient (Wildman–Crippen LogP) is 0.845. The van der Waals surface area contributed by atoms with Gasteiger partial charge in [0.25, 0.3) is 0 Å². The lowest BCUT2D eigenvalue weighted by Gasteiger charge is -2.26. The van der Waals surface area contributed by atoms with Gasteiger partial charge in [-0.25, -0.2) is 0 Å². The summed E-state index contributed by atoms with van der Waals surface area (Å²) in [5.41, 5.74) is 1.11.